The minimum absolute atomic E-state index is 0. The summed E-state index contributed by atoms with van der Waals surface area (Å²) in [7, 11) is 0. The van der Waals surface area contributed by atoms with Crippen LogP contribution in [0.5, 0.6) is 0 Å². The van der Waals surface area contributed by atoms with Crippen molar-refractivity contribution in [2.45, 2.75) is 0 Å². The SMILES string of the molecule is N.O=C(O)c1nccs1. The van der Waals surface area contributed by atoms with Crippen LogP contribution in [0.4, 0.5) is 0 Å². The van der Waals surface area contributed by atoms with E-state index in [9.17, 15) is 4.79 Å². The number of hydrogen-bond donors (Lipinski definition) is 2. The van der Waals surface area contributed by atoms with Crippen LogP contribution in [-0.4, -0.2) is 16.1 Å². The molecule has 0 fully saturated rings. The number of nitrogens with zero attached hydrogens (tertiary/aromatic N) is 1. The van der Waals surface area contributed by atoms with Crippen molar-refractivity contribution in [3.05, 3.63) is 16.6 Å². The Labute approximate surface area is 55.7 Å². The molecule has 0 amide bonds. The van der Waals surface area contributed by atoms with E-state index in [1.807, 2.05) is 0 Å². The first-order valence-electron chi connectivity index (χ1n) is 1.93. The summed E-state index contributed by atoms with van der Waals surface area (Å²) in [5.41, 5.74) is 0. The highest BCUT2D eigenvalue weighted by atomic mass is 32.1. The molecular formula is C4H6N2O2S. The van der Waals surface area contributed by atoms with Gasteiger partial charge in [0.2, 0.25) is 5.01 Å². The molecule has 0 atom stereocenters. The summed E-state index contributed by atoms with van der Waals surface area (Å²) < 4.78 is 0. The topological polar surface area (TPSA) is 85.2 Å². The lowest BCUT2D eigenvalue weighted by molar-refractivity contribution is 0.0696. The van der Waals surface area contributed by atoms with Gasteiger partial charge in [-0.2, -0.15) is 0 Å². The third kappa shape index (κ3) is 1.79. The van der Waals surface area contributed by atoms with Crippen LogP contribution in [0, 0.1) is 0 Å². The summed E-state index contributed by atoms with van der Waals surface area (Å²) in [4.78, 5) is 13.5. The zero-order chi connectivity index (χ0) is 5.98. The Morgan fingerprint density at radius 1 is 1.78 bits per heavy atom. The van der Waals surface area contributed by atoms with Crippen molar-refractivity contribution < 1.29 is 9.90 Å². The van der Waals surface area contributed by atoms with Crippen LogP contribution in [0.2, 0.25) is 0 Å². The molecule has 0 saturated heterocycles. The van der Waals surface area contributed by atoms with Crippen molar-refractivity contribution in [1.82, 2.24) is 11.1 Å². The number of carbonyl (C=O) groups is 1. The highest BCUT2D eigenvalue weighted by Crippen LogP contribution is 2.01. The largest absolute Gasteiger partial charge is 0.476 e. The van der Waals surface area contributed by atoms with Crippen LogP contribution >= 0.6 is 11.3 Å². The van der Waals surface area contributed by atoms with Crippen molar-refractivity contribution in [2.75, 3.05) is 0 Å². The van der Waals surface area contributed by atoms with Gasteiger partial charge in [-0.25, -0.2) is 9.78 Å². The minimum Gasteiger partial charge on any atom is -0.476 e. The average molecular weight is 146 g/mol. The molecule has 0 aromatic carbocycles. The quantitative estimate of drug-likeness (QED) is 0.619. The van der Waals surface area contributed by atoms with Gasteiger partial charge >= 0.3 is 5.97 Å². The van der Waals surface area contributed by atoms with Gasteiger partial charge in [0.25, 0.3) is 0 Å². The predicted molar refractivity (Wildman–Crippen MR) is 34.1 cm³/mol. The fourth-order valence-corrected chi connectivity index (χ4v) is 0.802. The maximum Gasteiger partial charge on any atom is 0.364 e. The van der Waals surface area contributed by atoms with E-state index in [-0.39, 0.29) is 11.2 Å². The molecule has 0 aliphatic rings. The van der Waals surface area contributed by atoms with Gasteiger partial charge in [0, 0.05) is 11.6 Å². The van der Waals surface area contributed by atoms with Gasteiger partial charge in [-0.1, -0.05) is 0 Å². The maximum atomic E-state index is 10.0. The molecular weight excluding hydrogens is 140 g/mol. The van der Waals surface area contributed by atoms with Crippen molar-refractivity contribution in [3.63, 3.8) is 0 Å². The highest BCUT2D eigenvalue weighted by molar-refractivity contribution is 7.11. The summed E-state index contributed by atoms with van der Waals surface area (Å²) in [6.07, 6.45) is 1.47. The van der Waals surface area contributed by atoms with Crippen molar-refractivity contribution >= 4 is 17.3 Å². The number of aromatic carboxylic acids is 1. The number of hydrogen-bond acceptors (Lipinski definition) is 4. The molecule has 0 saturated carbocycles. The molecule has 0 unspecified atom stereocenters. The molecule has 0 aliphatic heterocycles. The normalized spacial score (nSPS) is 8.00. The molecule has 0 aliphatic carbocycles. The third-order valence-electron chi connectivity index (χ3n) is 0.615. The van der Waals surface area contributed by atoms with E-state index in [2.05, 4.69) is 4.98 Å². The molecule has 4 nitrogen and oxygen atoms in total. The molecule has 1 rings (SSSR count). The second-order valence-electron chi connectivity index (χ2n) is 1.14. The molecule has 1 heterocycles. The van der Waals surface area contributed by atoms with E-state index in [1.165, 1.54) is 6.20 Å². The number of carboxylic acids is 1. The number of carboxylic acid groups (broad SMARTS) is 1. The van der Waals surface area contributed by atoms with Crippen LogP contribution in [0.1, 0.15) is 9.80 Å². The van der Waals surface area contributed by atoms with Crippen LogP contribution in [0.25, 0.3) is 0 Å². The first-order valence-corrected chi connectivity index (χ1v) is 2.81. The Kier molecular flexibility index (Phi) is 2.83. The van der Waals surface area contributed by atoms with E-state index in [4.69, 9.17) is 5.11 Å². The van der Waals surface area contributed by atoms with E-state index in [0.717, 1.165) is 11.3 Å². The van der Waals surface area contributed by atoms with Gasteiger partial charge in [-0.3, -0.25) is 0 Å². The van der Waals surface area contributed by atoms with Crippen molar-refractivity contribution in [2.24, 2.45) is 0 Å². The number of thiazole rings is 1. The van der Waals surface area contributed by atoms with E-state index in [1.54, 1.807) is 5.38 Å². The molecule has 1 aromatic rings. The fourth-order valence-electron chi connectivity index (χ4n) is 0.329. The molecule has 0 spiro atoms. The van der Waals surface area contributed by atoms with Gasteiger partial charge in [0.15, 0.2) is 0 Å². The minimum atomic E-state index is -0.958. The smallest absolute Gasteiger partial charge is 0.364 e. The summed E-state index contributed by atoms with van der Waals surface area (Å²) in [6.45, 7) is 0. The summed E-state index contributed by atoms with van der Waals surface area (Å²) in [5.74, 6) is -0.958. The summed E-state index contributed by atoms with van der Waals surface area (Å²) in [5, 5.41) is 9.99. The standard InChI is InChI=1S/C4H3NO2S.H3N/c6-4(7)3-5-1-2-8-3;/h1-2H,(H,6,7);1H3. The summed E-state index contributed by atoms with van der Waals surface area (Å²) in [6, 6.07) is 0. The molecule has 0 radical (unpaired) electrons. The Morgan fingerprint density at radius 3 is 2.67 bits per heavy atom. The fraction of sp³-hybridized carbons (Fsp3) is 0. The van der Waals surface area contributed by atoms with Crippen LogP contribution in [0.3, 0.4) is 0 Å². The molecule has 5 heteroatoms. The van der Waals surface area contributed by atoms with Crippen LogP contribution < -0.4 is 6.15 Å². The monoisotopic (exact) mass is 146 g/mol. The Bertz CT molecular complexity index is 184. The van der Waals surface area contributed by atoms with E-state index in [0.29, 0.717) is 0 Å². The Morgan fingerprint density at radius 2 is 2.44 bits per heavy atom. The lowest BCUT2D eigenvalue weighted by Crippen LogP contribution is -1.92. The Balaban J connectivity index is 0.000000640. The Hall–Kier alpha value is -0.940. The highest BCUT2D eigenvalue weighted by Gasteiger charge is 2.01. The number of aromatic nitrogens is 1. The van der Waals surface area contributed by atoms with Gasteiger partial charge < -0.3 is 11.3 Å². The molecule has 50 valence electrons. The van der Waals surface area contributed by atoms with Crippen LogP contribution in [-0.2, 0) is 0 Å². The van der Waals surface area contributed by atoms with E-state index >= 15 is 0 Å². The van der Waals surface area contributed by atoms with Gasteiger partial charge in [-0.05, 0) is 0 Å². The maximum absolute atomic E-state index is 10.0. The second-order valence-corrected chi connectivity index (χ2v) is 2.04. The first kappa shape index (κ1) is 8.06. The average Bonchev–Trinajstić information content (AvgIpc) is 2.12. The van der Waals surface area contributed by atoms with Gasteiger partial charge in [-0.15, -0.1) is 11.3 Å². The summed E-state index contributed by atoms with van der Waals surface area (Å²) >= 11 is 1.12. The van der Waals surface area contributed by atoms with Crippen molar-refractivity contribution in [1.29, 1.82) is 0 Å². The molecule has 1 aromatic heterocycles. The van der Waals surface area contributed by atoms with Crippen molar-refractivity contribution in [3.8, 4) is 0 Å². The first-order chi connectivity index (χ1) is 3.80. The lowest BCUT2D eigenvalue weighted by atomic mass is 10.7. The van der Waals surface area contributed by atoms with Crippen LogP contribution in [0.15, 0.2) is 11.6 Å². The molecule has 4 N–H and O–H groups in total. The predicted octanol–water partition coefficient (Wildman–Crippen LogP) is 1.00. The molecule has 9 heavy (non-hydrogen) atoms. The third-order valence-corrected chi connectivity index (χ3v) is 1.38. The zero-order valence-corrected chi connectivity index (χ0v) is 5.39. The molecule has 0 bridgehead atoms. The van der Waals surface area contributed by atoms with E-state index < -0.39 is 5.97 Å². The lowest BCUT2D eigenvalue weighted by Gasteiger charge is -1.77. The van der Waals surface area contributed by atoms with Gasteiger partial charge in [0.1, 0.15) is 0 Å². The number of rotatable bonds is 1. The zero-order valence-electron chi connectivity index (χ0n) is 4.57. The second kappa shape index (κ2) is 3.16. The van der Waals surface area contributed by atoms with Gasteiger partial charge in [0.05, 0.1) is 0 Å².